The van der Waals surface area contributed by atoms with Crippen LogP contribution >= 0.6 is 11.8 Å². The van der Waals surface area contributed by atoms with Crippen LogP contribution in [0, 0.1) is 0 Å². The number of likely N-dealkylation sites (N-methyl/N-ethyl adjacent to an activating group) is 1. The molecule has 0 saturated heterocycles. The normalized spacial score (nSPS) is 16.0. The molecule has 2 aromatic rings. The molecule has 1 aromatic carbocycles. The van der Waals surface area contributed by atoms with Gasteiger partial charge in [0.05, 0.1) is 12.6 Å². The number of urea groups is 1. The lowest BCUT2D eigenvalue weighted by Gasteiger charge is -2.25. The van der Waals surface area contributed by atoms with Gasteiger partial charge in [-0.2, -0.15) is 0 Å². The van der Waals surface area contributed by atoms with Crippen molar-refractivity contribution in [2.45, 2.75) is 45.4 Å². The topological polar surface area (TPSA) is 125 Å². The summed E-state index contributed by atoms with van der Waals surface area (Å²) in [4.78, 5) is 46.4. The smallest absolute Gasteiger partial charge is 0.408 e. The lowest BCUT2D eigenvalue weighted by atomic mass is 10.1. The Morgan fingerprint density at radius 3 is 2.63 bits per heavy atom. The van der Waals surface area contributed by atoms with Crippen molar-refractivity contribution in [3.8, 4) is 5.75 Å². The molecule has 4 rings (SSSR count). The highest BCUT2D eigenvalue weighted by molar-refractivity contribution is 8.02. The Hall–Kier alpha value is -3.77. The lowest BCUT2D eigenvalue weighted by molar-refractivity contribution is 0.0514. The molecule has 0 saturated carbocycles. The van der Waals surface area contributed by atoms with Gasteiger partial charge in [0.1, 0.15) is 17.0 Å². The first-order valence-electron chi connectivity index (χ1n) is 13.5. The van der Waals surface area contributed by atoms with Crippen LogP contribution in [0.15, 0.2) is 47.6 Å². The summed E-state index contributed by atoms with van der Waals surface area (Å²) in [5.74, 6) is 1.07. The van der Waals surface area contributed by atoms with E-state index in [0.29, 0.717) is 37.7 Å². The highest BCUT2D eigenvalue weighted by atomic mass is 32.2. The van der Waals surface area contributed by atoms with Gasteiger partial charge in [0.15, 0.2) is 0 Å². The Bertz CT molecular complexity index is 1290. The second-order valence-corrected chi connectivity index (χ2v) is 12.1. The number of alkyl carbamates (subject to hydrolysis) is 1. The minimum atomic E-state index is -0.617. The number of rotatable bonds is 9. The molecule has 11 nitrogen and oxygen atoms in total. The van der Waals surface area contributed by atoms with Crippen LogP contribution in [0.3, 0.4) is 0 Å². The van der Waals surface area contributed by atoms with Crippen LogP contribution in [0.4, 0.5) is 15.3 Å². The summed E-state index contributed by atoms with van der Waals surface area (Å²) >= 11 is 1.49. The molecule has 0 spiro atoms. The van der Waals surface area contributed by atoms with E-state index in [1.807, 2.05) is 42.6 Å². The molecule has 12 heteroatoms. The van der Waals surface area contributed by atoms with Gasteiger partial charge < -0.3 is 35.2 Å². The SMILES string of the molecule is CN(C)CCN(Cc1ccc(C(=O)NC2=CSCC2NC(=O)OC(C)(C)C)nc1)C(=O)Nc1ccc2c(c1)CCO2. The van der Waals surface area contributed by atoms with E-state index in [4.69, 9.17) is 9.47 Å². The van der Waals surface area contributed by atoms with E-state index < -0.39 is 11.7 Å². The molecule has 3 heterocycles. The standard InChI is InChI=1S/C29H38N6O5S/c1-29(2,3)40-28(38)33-24-18-41-17-23(24)32-26(36)22-8-6-19(15-30-22)16-35(12-11-34(4)5)27(37)31-21-7-9-25-20(14-21)10-13-39-25/h6-9,14-15,17,24H,10-13,16,18H2,1-5H3,(H,31,37)(H,32,36)(H,33,38). The van der Waals surface area contributed by atoms with Crippen molar-refractivity contribution >= 4 is 35.5 Å². The monoisotopic (exact) mass is 582 g/mol. The molecule has 0 bridgehead atoms. The summed E-state index contributed by atoms with van der Waals surface area (Å²) in [6.07, 6.45) is 1.89. The number of hydrogen-bond acceptors (Lipinski definition) is 8. The number of ether oxygens (including phenoxy) is 2. The molecule has 41 heavy (non-hydrogen) atoms. The van der Waals surface area contributed by atoms with Crippen molar-refractivity contribution in [2.75, 3.05) is 44.9 Å². The molecular formula is C29H38N6O5S. The first-order chi connectivity index (χ1) is 19.5. The summed E-state index contributed by atoms with van der Waals surface area (Å²) in [7, 11) is 3.91. The number of nitrogens with one attached hydrogen (secondary N) is 3. The fraction of sp³-hybridized carbons (Fsp3) is 0.448. The summed E-state index contributed by atoms with van der Waals surface area (Å²) < 4.78 is 10.9. The molecule has 0 aliphatic carbocycles. The van der Waals surface area contributed by atoms with Crippen molar-refractivity contribution < 1.29 is 23.9 Å². The summed E-state index contributed by atoms with van der Waals surface area (Å²) in [6, 6.07) is 8.50. The summed E-state index contributed by atoms with van der Waals surface area (Å²) in [5, 5.41) is 10.4. The zero-order valence-electron chi connectivity index (χ0n) is 24.2. The van der Waals surface area contributed by atoms with Gasteiger partial charge in [-0.05, 0) is 75.7 Å². The number of amides is 4. The van der Waals surface area contributed by atoms with Crippen molar-refractivity contribution in [3.05, 3.63) is 64.5 Å². The van der Waals surface area contributed by atoms with Gasteiger partial charge in [-0.1, -0.05) is 6.07 Å². The molecule has 1 aromatic heterocycles. The Morgan fingerprint density at radius 1 is 1.12 bits per heavy atom. The van der Waals surface area contributed by atoms with E-state index in [2.05, 4.69) is 20.9 Å². The number of anilines is 1. The van der Waals surface area contributed by atoms with Crippen molar-refractivity contribution in [2.24, 2.45) is 0 Å². The zero-order valence-corrected chi connectivity index (χ0v) is 25.0. The number of nitrogens with zero attached hydrogens (tertiary/aromatic N) is 3. The van der Waals surface area contributed by atoms with Crippen LogP contribution in [0.2, 0.25) is 0 Å². The van der Waals surface area contributed by atoms with Crippen LogP contribution in [0.1, 0.15) is 42.4 Å². The third-order valence-electron chi connectivity index (χ3n) is 6.27. The molecule has 1 unspecified atom stereocenters. The van der Waals surface area contributed by atoms with Crippen molar-refractivity contribution in [1.82, 2.24) is 25.4 Å². The van der Waals surface area contributed by atoms with E-state index in [1.165, 1.54) is 11.8 Å². The van der Waals surface area contributed by atoms with Gasteiger partial charge in [0, 0.05) is 49.4 Å². The number of fused-ring (bicyclic) bond motifs is 1. The van der Waals surface area contributed by atoms with Gasteiger partial charge in [0.25, 0.3) is 5.91 Å². The summed E-state index contributed by atoms with van der Waals surface area (Å²) in [6.45, 7) is 7.55. The van der Waals surface area contributed by atoms with E-state index in [0.717, 1.165) is 29.0 Å². The second-order valence-electron chi connectivity index (χ2n) is 11.2. The first-order valence-corrected chi connectivity index (χ1v) is 14.6. The number of pyridine rings is 1. The number of thioether (sulfide) groups is 1. The van der Waals surface area contributed by atoms with E-state index in [1.54, 1.807) is 44.0 Å². The molecular weight excluding hydrogens is 544 g/mol. The molecule has 4 amide bonds. The Labute approximate surface area is 245 Å². The highest BCUT2D eigenvalue weighted by Gasteiger charge is 2.27. The molecule has 2 aliphatic rings. The quantitative estimate of drug-likeness (QED) is 0.408. The molecule has 1 atom stereocenters. The van der Waals surface area contributed by atoms with Gasteiger partial charge in [-0.3, -0.25) is 9.78 Å². The third kappa shape index (κ3) is 8.86. The van der Waals surface area contributed by atoms with Crippen LogP contribution in [-0.4, -0.2) is 84.0 Å². The van der Waals surface area contributed by atoms with Gasteiger partial charge in [-0.25, -0.2) is 9.59 Å². The number of aromatic nitrogens is 1. The fourth-order valence-electron chi connectivity index (χ4n) is 4.20. The highest BCUT2D eigenvalue weighted by Crippen LogP contribution is 2.28. The van der Waals surface area contributed by atoms with Crippen LogP contribution in [0.25, 0.3) is 0 Å². The largest absolute Gasteiger partial charge is 0.493 e. The first kappa shape index (κ1) is 30.2. The average Bonchev–Trinajstić information content (AvgIpc) is 3.54. The number of carbonyl (C=O) groups is 3. The lowest BCUT2D eigenvalue weighted by Crippen LogP contribution is -2.44. The Kier molecular flexibility index (Phi) is 9.77. The molecule has 3 N–H and O–H groups in total. The van der Waals surface area contributed by atoms with Crippen molar-refractivity contribution in [3.63, 3.8) is 0 Å². The van der Waals surface area contributed by atoms with E-state index >= 15 is 0 Å². The fourth-order valence-corrected chi connectivity index (χ4v) is 5.15. The molecule has 0 fully saturated rings. The predicted molar refractivity (Wildman–Crippen MR) is 159 cm³/mol. The van der Waals surface area contributed by atoms with E-state index in [9.17, 15) is 14.4 Å². The molecule has 0 radical (unpaired) electrons. The van der Waals surface area contributed by atoms with Gasteiger partial charge in [0.2, 0.25) is 0 Å². The van der Waals surface area contributed by atoms with Crippen LogP contribution < -0.4 is 20.7 Å². The number of hydrogen-bond donors (Lipinski definition) is 3. The van der Waals surface area contributed by atoms with Crippen LogP contribution in [0.5, 0.6) is 5.75 Å². The number of benzene rings is 1. The minimum Gasteiger partial charge on any atom is -0.493 e. The maximum atomic E-state index is 13.2. The Morgan fingerprint density at radius 2 is 1.93 bits per heavy atom. The maximum absolute atomic E-state index is 13.2. The van der Waals surface area contributed by atoms with Crippen molar-refractivity contribution in [1.29, 1.82) is 0 Å². The van der Waals surface area contributed by atoms with Crippen LogP contribution in [-0.2, 0) is 17.7 Å². The van der Waals surface area contributed by atoms with E-state index in [-0.39, 0.29) is 23.7 Å². The molecule has 2 aliphatic heterocycles. The predicted octanol–water partition coefficient (Wildman–Crippen LogP) is 3.82. The summed E-state index contributed by atoms with van der Waals surface area (Å²) in [5.41, 5.74) is 2.79. The third-order valence-corrected chi connectivity index (χ3v) is 7.22. The molecule has 220 valence electrons. The van der Waals surface area contributed by atoms with Gasteiger partial charge in [-0.15, -0.1) is 11.8 Å². The average molecular weight is 583 g/mol. The second kappa shape index (κ2) is 13.3. The maximum Gasteiger partial charge on any atom is 0.408 e. The number of carbonyl (C=O) groups excluding carboxylic acids is 3. The zero-order chi connectivity index (χ0) is 29.6. The van der Waals surface area contributed by atoms with Gasteiger partial charge >= 0.3 is 12.1 Å². The Balaban J connectivity index is 1.36. The minimum absolute atomic E-state index is 0.221.